The standard InChI is InChI=1S/C44H26N4/c1-2-11-32-27(8-1)9-5-13-33(32)40-35-12-3-4-15-39(35)48-44-36(40)22-20-30-21-23-38(47-42(30)44)29-18-16-28(17-19-29)37-26-31-10-6-24-45-41(31)43-34(37)14-7-25-46-43/h1-26H. The smallest absolute Gasteiger partial charge is 0.0978 e. The van der Waals surface area contributed by atoms with Gasteiger partial charge in [0.05, 0.1) is 33.3 Å². The van der Waals surface area contributed by atoms with E-state index < -0.39 is 0 Å². The van der Waals surface area contributed by atoms with E-state index in [4.69, 9.17) is 15.0 Å². The fraction of sp³-hybridized carbons (Fsp3) is 0. The van der Waals surface area contributed by atoms with Crippen LogP contribution in [0.5, 0.6) is 0 Å². The third-order valence-electron chi connectivity index (χ3n) is 9.52. The van der Waals surface area contributed by atoms with Gasteiger partial charge in [-0.3, -0.25) is 9.97 Å². The molecule has 4 heteroatoms. The molecule has 0 radical (unpaired) electrons. The van der Waals surface area contributed by atoms with Crippen molar-refractivity contribution in [2.75, 3.05) is 0 Å². The largest absolute Gasteiger partial charge is 0.254 e. The first kappa shape index (κ1) is 26.7. The summed E-state index contributed by atoms with van der Waals surface area (Å²) in [6.07, 6.45) is 3.66. The second-order valence-corrected chi connectivity index (χ2v) is 12.2. The van der Waals surface area contributed by atoms with Crippen LogP contribution in [0.3, 0.4) is 0 Å². The molecular formula is C44H26N4. The fourth-order valence-corrected chi connectivity index (χ4v) is 7.27. The van der Waals surface area contributed by atoms with E-state index in [0.29, 0.717) is 0 Å². The van der Waals surface area contributed by atoms with Gasteiger partial charge in [0.25, 0.3) is 0 Å². The summed E-state index contributed by atoms with van der Waals surface area (Å²) >= 11 is 0. The predicted molar refractivity (Wildman–Crippen MR) is 199 cm³/mol. The van der Waals surface area contributed by atoms with E-state index in [0.717, 1.165) is 76.9 Å². The molecule has 0 saturated heterocycles. The van der Waals surface area contributed by atoms with Crippen molar-refractivity contribution in [3.8, 4) is 33.5 Å². The van der Waals surface area contributed by atoms with Gasteiger partial charge in [0.2, 0.25) is 0 Å². The predicted octanol–water partition coefficient (Wildman–Crippen LogP) is 11.2. The van der Waals surface area contributed by atoms with Crippen molar-refractivity contribution < 1.29 is 0 Å². The average molecular weight is 611 g/mol. The first-order valence-corrected chi connectivity index (χ1v) is 16.1. The van der Waals surface area contributed by atoms with Gasteiger partial charge in [-0.1, -0.05) is 115 Å². The molecule has 222 valence electrons. The zero-order chi connectivity index (χ0) is 31.6. The van der Waals surface area contributed by atoms with Gasteiger partial charge in [0.1, 0.15) is 0 Å². The molecule has 0 aliphatic rings. The van der Waals surface area contributed by atoms with Crippen LogP contribution < -0.4 is 0 Å². The van der Waals surface area contributed by atoms with Crippen molar-refractivity contribution in [1.82, 2.24) is 19.9 Å². The molecule has 0 atom stereocenters. The summed E-state index contributed by atoms with van der Waals surface area (Å²) < 4.78 is 0. The Bertz CT molecular complexity index is 2890. The molecule has 10 rings (SSSR count). The second kappa shape index (κ2) is 10.5. The minimum Gasteiger partial charge on any atom is -0.254 e. The second-order valence-electron chi connectivity index (χ2n) is 12.2. The van der Waals surface area contributed by atoms with E-state index in [1.807, 2.05) is 24.5 Å². The van der Waals surface area contributed by atoms with E-state index in [2.05, 4.69) is 138 Å². The van der Waals surface area contributed by atoms with Gasteiger partial charge in [-0.05, 0) is 57.8 Å². The monoisotopic (exact) mass is 610 g/mol. The van der Waals surface area contributed by atoms with E-state index in [9.17, 15) is 0 Å². The Morgan fingerprint density at radius 2 is 1.06 bits per heavy atom. The number of hydrogen-bond donors (Lipinski definition) is 0. The van der Waals surface area contributed by atoms with Gasteiger partial charge in [-0.15, -0.1) is 0 Å². The SMILES string of the molecule is c1ccc2c(-c3c4ccccc4nc4c3ccc3ccc(-c5ccc(-c6cc7cccnc7c7ncccc67)cc5)nc34)cccc2c1. The maximum Gasteiger partial charge on any atom is 0.0978 e. The third kappa shape index (κ3) is 4.10. The van der Waals surface area contributed by atoms with Gasteiger partial charge in [0.15, 0.2) is 0 Å². The molecule has 0 aliphatic heterocycles. The molecule has 0 fully saturated rings. The molecule has 0 bridgehead atoms. The quantitative estimate of drug-likeness (QED) is 0.147. The Balaban J connectivity index is 1.15. The highest BCUT2D eigenvalue weighted by atomic mass is 14.8. The topological polar surface area (TPSA) is 51.6 Å². The summed E-state index contributed by atoms with van der Waals surface area (Å²) in [5.74, 6) is 0. The lowest BCUT2D eigenvalue weighted by Gasteiger charge is -2.15. The molecule has 0 N–H and O–H groups in total. The molecule has 0 aliphatic carbocycles. The number of benzene rings is 6. The Morgan fingerprint density at radius 1 is 0.354 bits per heavy atom. The van der Waals surface area contributed by atoms with Crippen molar-refractivity contribution in [1.29, 1.82) is 0 Å². The van der Waals surface area contributed by atoms with Crippen molar-refractivity contribution >= 4 is 65.3 Å². The van der Waals surface area contributed by atoms with Crippen LogP contribution in [-0.2, 0) is 0 Å². The van der Waals surface area contributed by atoms with Gasteiger partial charge in [-0.2, -0.15) is 0 Å². The summed E-state index contributed by atoms with van der Waals surface area (Å²) in [4.78, 5) is 19.8. The van der Waals surface area contributed by atoms with Crippen LogP contribution >= 0.6 is 0 Å². The summed E-state index contributed by atoms with van der Waals surface area (Å²) in [5, 5.41) is 7.92. The highest BCUT2D eigenvalue weighted by Crippen LogP contribution is 2.41. The lowest BCUT2D eigenvalue weighted by Crippen LogP contribution is -1.93. The van der Waals surface area contributed by atoms with Crippen LogP contribution in [0.25, 0.3) is 98.8 Å². The van der Waals surface area contributed by atoms with Crippen LogP contribution in [0.4, 0.5) is 0 Å². The first-order valence-electron chi connectivity index (χ1n) is 16.1. The maximum atomic E-state index is 5.29. The number of rotatable bonds is 3. The van der Waals surface area contributed by atoms with Crippen LogP contribution in [0.1, 0.15) is 0 Å². The number of nitrogens with zero attached hydrogens (tertiary/aromatic N) is 4. The zero-order valence-electron chi connectivity index (χ0n) is 25.8. The zero-order valence-corrected chi connectivity index (χ0v) is 25.8. The highest BCUT2D eigenvalue weighted by Gasteiger charge is 2.17. The molecule has 6 aromatic carbocycles. The molecule has 10 aromatic rings. The van der Waals surface area contributed by atoms with Gasteiger partial charge >= 0.3 is 0 Å². The van der Waals surface area contributed by atoms with Crippen LogP contribution in [0.2, 0.25) is 0 Å². The van der Waals surface area contributed by atoms with Crippen LogP contribution in [0, 0.1) is 0 Å². The molecule has 4 nitrogen and oxygen atoms in total. The number of aromatic nitrogens is 4. The summed E-state index contributed by atoms with van der Waals surface area (Å²) in [6, 6.07) is 51.3. The number of pyridine rings is 4. The van der Waals surface area contributed by atoms with Crippen LogP contribution in [0.15, 0.2) is 158 Å². The van der Waals surface area contributed by atoms with Gasteiger partial charge in [-0.25, -0.2) is 9.97 Å². The summed E-state index contributed by atoms with van der Waals surface area (Å²) in [5.41, 5.74) is 11.2. The Morgan fingerprint density at radius 3 is 1.98 bits per heavy atom. The first-order chi connectivity index (χ1) is 23.8. The molecule has 48 heavy (non-hydrogen) atoms. The lowest BCUT2D eigenvalue weighted by molar-refractivity contribution is 1.37. The van der Waals surface area contributed by atoms with Crippen molar-refractivity contribution in [2.24, 2.45) is 0 Å². The Hall–Kier alpha value is -6.52. The Kier molecular flexibility index (Phi) is 5.84. The minimum absolute atomic E-state index is 0.903. The van der Waals surface area contributed by atoms with Crippen molar-refractivity contribution in [3.63, 3.8) is 0 Å². The molecule has 4 heterocycles. The number of para-hydroxylation sites is 1. The van der Waals surface area contributed by atoms with Gasteiger partial charge in [0, 0.05) is 50.5 Å². The number of hydrogen-bond acceptors (Lipinski definition) is 4. The summed E-state index contributed by atoms with van der Waals surface area (Å²) in [7, 11) is 0. The van der Waals surface area contributed by atoms with Crippen molar-refractivity contribution in [3.05, 3.63) is 158 Å². The van der Waals surface area contributed by atoms with Crippen LogP contribution in [-0.4, -0.2) is 19.9 Å². The van der Waals surface area contributed by atoms with E-state index in [1.165, 1.54) is 21.9 Å². The maximum absolute atomic E-state index is 5.29. The van der Waals surface area contributed by atoms with E-state index in [1.54, 1.807) is 0 Å². The third-order valence-corrected chi connectivity index (χ3v) is 9.52. The number of fused-ring (bicyclic) bond motifs is 8. The van der Waals surface area contributed by atoms with E-state index >= 15 is 0 Å². The fourth-order valence-electron chi connectivity index (χ4n) is 7.27. The highest BCUT2D eigenvalue weighted by molar-refractivity contribution is 6.19. The molecule has 0 amide bonds. The lowest BCUT2D eigenvalue weighted by atomic mass is 9.91. The normalized spacial score (nSPS) is 11.8. The minimum atomic E-state index is 0.903. The molecule has 4 aromatic heterocycles. The van der Waals surface area contributed by atoms with Gasteiger partial charge < -0.3 is 0 Å². The average Bonchev–Trinajstić information content (AvgIpc) is 3.16. The van der Waals surface area contributed by atoms with Crippen molar-refractivity contribution in [2.45, 2.75) is 0 Å². The van der Waals surface area contributed by atoms with E-state index in [-0.39, 0.29) is 0 Å². The molecule has 0 spiro atoms. The summed E-state index contributed by atoms with van der Waals surface area (Å²) in [6.45, 7) is 0. The molecule has 0 unspecified atom stereocenters. The molecular weight excluding hydrogens is 585 g/mol. The molecule has 0 saturated carbocycles. The Labute approximate surface area is 276 Å².